The molecule has 7 heteroatoms. The van der Waals surface area contributed by atoms with Gasteiger partial charge < -0.3 is 9.32 Å². The molecule has 1 fully saturated rings. The average Bonchev–Trinajstić information content (AvgIpc) is 3.12. The molecule has 0 saturated carbocycles. The molecule has 0 bridgehead atoms. The van der Waals surface area contributed by atoms with Crippen molar-refractivity contribution in [2.75, 3.05) is 26.2 Å². The standard InChI is InChI=1S/C21H19FN4O2/c1-13(27)26-8-6-25(7-9-26)12-19-24-20-15-3-2-14(22)10-17(15)18-11-23-5-4-16(18)21(20)28-19/h2-5,10-11H,6-9,12H2,1H3. The van der Waals surface area contributed by atoms with Gasteiger partial charge in [-0.25, -0.2) is 9.37 Å². The Labute approximate surface area is 160 Å². The summed E-state index contributed by atoms with van der Waals surface area (Å²) >= 11 is 0. The van der Waals surface area contributed by atoms with E-state index in [2.05, 4.69) is 9.88 Å². The van der Waals surface area contributed by atoms with Crippen LogP contribution in [0.1, 0.15) is 12.8 Å². The van der Waals surface area contributed by atoms with E-state index in [1.165, 1.54) is 12.1 Å². The molecule has 28 heavy (non-hydrogen) atoms. The number of benzene rings is 2. The number of piperazine rings is 1. The summed E-state index contributed by atoms with van der Waals surface area (Å²) in [5, 5.41) is 3.37. The summed E-state index contributed by atoms with van der Waals surface area (Å²) in [5.74, 6) is 0.450. The fourth-order valence-corrected chi connectivity index (χ4v) is 3.96. The molecule has 142 valence electrons. The molecule has 1 aliphatic rings. The molecule has 2 aromatic carbocycles. The van der Waals surface area contributed by atoms with Crippen molar-refractivity contribution in [3.05, 3.63) is 48.4 Å². The molecule has 0 N–H and O–H groups in total. The van der Waals surface area contributed by atoms with Crippen molar-refractivity contribution in [1.29, 1.82) is 0 Å². The van der Waals surface area contributed by atoms with Crippen LogP contribution in [0.5, 0.6) is 0 Å². The van der Waals surface area contributed by atoms with Gasteiger partial charge in [0.05, 0.1) is 6.54 Å². The molecule has 1 aliphatic heterocycles. The molecule has 0 spiro atoms. The number of amides is 1. The van der Waals surface area contributed by atoms with Crippen molar-refractivity contribution in [1.82, 2.24) is 19.8 Å². The number of aromatic nitrogens is 2. The zero-order valence-electron chi connectivity index (χ0n) is 15.5. The monoisotopic (exact) mass is 378 g/mol. The first-order valence-corrected chi connectivity index (χ1v) is 9.32. The smallest absolute Gasteiger partial charge is 0.219 e. The van der Waals surface area contributed by atoms with Gasteiger partial charge >= 0.3 is 0 Å². The van der Waals surface area contributed by atoms with Crippen molar-refractivity contribution < 1.29 is 13.6 Å². The van der Waals surface area contributed by atoms with Crippen LogP contribution < -0.4 is 0 Å². The molecule has 1 amide bonds. The first-order valence-electron chi connectivity index (χ1n) is 9.32. The van der Waals surface area contributed by atoms with Gasteiger partial charge in [0.2, 0.25) is 11.8 Å². The van der Waals surface area contributed by atoms with Gasteiger partial charge in [-0.15, -0.1) is 0 Å². The van der Waals surface area contributed by atoms with Gasteiger partial charge in [-0.05, 0) is 29.7 Å². The molecule has 0 atom stereocenters. The summed E-state index contributed by atoms with van der Waals surface area (Å²) in [4.78, 5) is 24.5. The van der Waals surface area contributed by atoms with Crippen LogP contribution in [-0.4, -0.2) is 51.9 Å². The lowest BCUT2D eigenvalue weighted by molar-refractivity contribution is -0.130. The number of pyridine rings is 1. The topological polar surface area (TPSA) is 62.5 Å². The van der Waals surface area contributed by atoms with E-state index in [1.54, 1.807) is 25.4 Å². The second-order valence-electron chi connectivity index (χ2n) is 7.18. The van der Waals surface area contributed by atoms with E-state index in [0.717, 1.165) is 40.2 Å². The first-order chi connectivity index (χ1) is 13.6. The fraction of sp³-hybridized carbons (Fsp3) is 0.286. The maximum atomic E-state index is 13.9. The van der Waals surface area contributed by atoms with Crippen LogP contribution in [0, 0.1) is 5.82 Å². The van der Waals surface area contributed by atoms with E-state index in [9.17, 15) is 9.18 Å². The quantitative estimate of drug-likeness (QED) is 0.501. The number of rotatable bonds is 2. The molecule has 0 radical (unpaired) electrons. The number of carbonyl (C=O) groups is 1. The van der Waals surface area contributed by atoms with E-state index in [0.29, 0.717) is 31.1 Å². The highest BCUT2D eigenvalue weighted by atomic mass is 19.1. The van der Waals surface area contributed by atoms with E-state index in [1.807, 2.05) is 11.0 Å². The van der Waals surface area contributed by atoms with Crippen LogP contribution in [0.4, 0.5) is 4.39 Å². The van der Waals surface area contributed by atoms with E-state index < -0.39 is 0 Å². The average molecular weight is 378 g/mol. The predicted octanol–water partition coefficient (Wildman–Crippen LogP) is 3.33. The second-order valence-corrected chi connectivity index (χ2v) is 7.18. The number of fused-ring (bicyclic) bond motifs is 6. The zero-order valence-corrected chi connectivity index (χ0v) is 15.5. The number of halogens is 1. The van der Waals surface area contributed by atoms with Gasteiger partial charge in [-0.2, -0.15) is 0 Å². The molecule has 2 aromatic heterocycles. The Bertz CT molecular complexity index is 1210. The lowest BCUT2D eigenvalue weighted by atomic mass is 10.0. The summed E-state index contributed by atoms with van der Waals surface area (Å²) < 4.78 is 20.0. The Balaban J connectivity index is 1.57. The minimum atomic E-state index is -0.288. The van der Waals surface area contributed by atoms with Crippen molar-refractivity contribution in [2.45, 2.75) is 13.5 Å². The van der Waals surface area contributed by atoms with Crippen molar-refractivity contribution in [3.63, 3.8) is 0 Å². The van der Waals surface area contributed by atoms with Crippen LogP contribution in [0.2, 0.25) is 0 Å². The lowest BCUT2D eigenvalue weighted by Crippen LogP contribution is -2.47. The van der Waals surface area contributed by atoms with Crippen LogP contribution in [0.15, 0.2) is 41.1 Å². The number of carbonyl (C=O) groups excluding carboxylic acids is 1. The van der Waals surface area contributed by atoms with Gasteiger partial charge in [0.25, 0.3) is 0 Å². The highest BCUT2D eigenvalue weighted by Crippen LogP contribution is 2.35. The SMILES string of the molecule is CC(=O)N1CCN(Cc2nc3c4ccc(F)cc4c4cnccc4c3o2)CC1. The molecule has 1 saturated heterocycles. The third-order valence-corrected chi connectivity index (χ3v) is 5.44. The predicted molar refractivity (Wildman–Crippen MR) is 104 cm³/mol. The van der Waals surface area contributed by atoms with Crippen molar-refractivity contribution in [3.8, 4) is 0 Å². The number of nitrogens with zero attached hydrogens (tertiary/aromatic N) is 4. The summed E-state index contributed by atoms with van der Waals surface area (Å²) in [7, 11) is 0. The van der Waals surface area contributed by atoms with Crippen LogP contribution >= 0.6 is 0 Å². The van der Waals surface area contributed by atoms with Gasteiger partial charge in [-0.3, -0.25) is 14.7 Å². The van der Waals surface area contributed by atoms with Gasteiger partial charge in [0, 0.05) is 61.7 Å². The van der Waals surface area contributed by atoms with Crippen LogP contribution in [-0.2, 0) is 11.3 Å². The summed E-state index contributed by atoms with van der Waals surface area (Å²) in [6.45, 7) is 5.18. The van der Waals surface area contributed by atoms with Crippen LogP contribution in [0.25, 0.3) is 32.6 Å². The van der Waals surface area contributed by atoms with Gasteiger partial charge in [-0.1, -0.05) is 0 Å². The minimum absolute atomic E-state index is 0.111. The Kier molecular flexibility index (Phi) is 3.98. The lowest BCUT2D eigenvalue weighted by Gasteiger charge is -2.33. The number of hydrogen-bond acceptors (Lipinski definition) is 5. The van der Waals surface area contributed by atoms with Crippen molar-refractivity contribution in [2.24, 2.45) is 0 Å². The normalized spacial score (nSPS) is 15.7. The van der Waals surface area contributed by atoms with E-state index in [4.69, 9.17) is 9.40 Å². The Hall–Kier alpha value is -3.06. The van der Waals surface area contributed by atoms with Crippen LogP contribution in [0.3, 0.4) is 0 Å². The van der Waals surface area contributed by atoms with Gasteiger partial charge in [0.1, 0.15) is 11.3 Å². The number of oxazole rings is 1. The molecule has 3 heterocycles. The number of hydrogen-bond donors (Lipinski definition) is 0. The van der Waals surface area contributed by atoms with E-state index >= 15 is 0 Å². The molecular weight excluding hydrogens is 359 g/mol. The third kappa shape index (κ3) is 2.79. The second kappa shape index (κ2) is 6.53. The highest BCUT2D eigenvalue weighted by Gasteiger charge is 2.21. The Morgan fingerprint density at radius 2 is 1.93 bits per heavy atom. The summed E-state index contributed by atoms with van der Waals surface area (Å²) in [6, 6.07) is 6.59. The maximum absolute atomic E-state index is 13.9. The fourth-order valence-electron chi connectivity index (χ4n) is 3.96. The van der Waals surface area contributed by atoms with Crippen molar-refractivity contribution >= 4 is 38.6 Å². The minimum Gasteiger partial charge on any atom is -0.439 e. The molecule has 5 rings (SSSR count). The molecule has 0 unspecified atom stereocenters. The highest BCUT2D eigenvalue weighted by molar-refractivity contribution is 6.22. The first kappa shape index (κ1) is 17.1. The largest absolute Gasteiger partial charge is 0.439 e. The Morgan fingerprint density at radius 3 is 2.71 bits per heavy atom. The molecule has 0 aliphatic carbocycles. The molecule has 4 aromatic rings. The van der Waals surface area contributed by atoms with E-state index in [-0.39, 0.29) is 11.7 Å². The Morgan fingerprint density at radius 1 is 1.11 bits per heavy atom. The maximum Gasteiger partial charge on any atom is 0.219 e. The third-order valence-electron chi connectivity index (χ3n) is 5.44. The summed E-state index contributed by atoms with van der Waals surface area (Å²) in [6.07, 6.45) is 3.44. The molecule has 6 nitrogen and oxygen atoms in total. The summed E-state index contributed by atoms with van der Waals surface area (Å²) in [5.41, 5.74) is 1.44. The zero-order chi connectivity index (χ0) is 19.3. The molecular formula is C21H19FN4O2. The van der Waals surface area contributed by atoms with Gasteiger partial charge in [0.15, 0.2) is 5.58 Å².